The smallest absolute Gasteiger partial charge is 0.416 e. The third-order valence-corrected chi connectivity index (χ3v) is 5.37. The number of likely N-dealkylation sites (N-methyl/N-ethyl adjacent to an activating group) is 1. The molecule has 0 fully saturated rings. The summed E-state index contributed by atoms with van der Waals surface area (Å²) in [5.41, 5.74) is 0.0501. The Balaban J connectivity index is 1.65. The van der Waals surface area contributed by atoms with Crippen molar-refractivity contribution in [1.82, 2.24) is 9.88 Å². The maximum atomic E-state index is 12.7. The van der Waals surface area contributed by atoms with Gasteiger partial charge in [-0.1, -0.05) is 18.2 Å². The standard InChI is InChI=1S/C19H17F3N2O2S/c1-12(18-23-15-8-3-4-9-16(15)27-18)24(2)17(25)11-26-14-7-5-6-13(10-14)19(20,21)22/h3-10,12H,11H2,1-2H3/t12-/m1/s1. The molecule has 3 aromatic rings. The third-order valence-electron chi connectivity index (χ3n) is 4.17. The second-order valence-electron chi connectivity index (χ2n) is 6.01. The summed E-state index contributed by atoms with van der Waals surface area (Å²) >= 11 is 1.50. The van der Waals surface area contributed by atoms with Crippen molar-refractivity contribution in [3.8, 4) is 5.75 Å². The molecule has 4 nitrogen and oxygen atoms in total. The number of alkyl halides is 3. The summed E-state index contributed by atoms with van der Waals surface area (Å²) in [6.45, 7) is 1.49. The van der Waals surface area contributed by atoms with Crippen LogP contribution in [-0.4, -0.2) is 29.4 Å². The fourth-order valence-electron chi connectivity index (χ4n) is 2.46. The molecule has 0 N–H and O–H groups in total. The Morgan fingerprint density at radius 3 is 2.67 bits per heavy atom. The van der Waals surface area contributed by atoms with Crippen LogP contribution >= 0.6 is 11.3 Å². The molecule has 0 saturated heterocycles. The van der Waals surface area contributed by atoms with E-state index in [0.717, 1.165) is 27.4 Å². The number of benzene rings is 2. The van der Waals surface area contributed by atoms with Crippen molar-refractivity contribution in [1.29, 1.82) is 0 Å². The molecule has 142 valence electrons. The summed E-state index contributed by atoms with van der Waals surface area (Å²) in [6, 6.07) is 11.9. The van der Waals surface area contributed by atoms with E-state index in [1.165, 1.54) is 28.4 Å². The minimum absolute atomic E-state index is 0.000727. The second-order valence-corrected chi connectivity index (χ2v) is 7.08. The number of rotatable bonds is 5. The predicted octanol–water partition coefficient (Wildman–Crippen LogP) is 4.91. The highest BCUT2D eigenvalue weighted by Crippen LogP contribution is 2.31. The number of carbonyl (C=O) groups excluding carboxylic acids is 1. The van der Waals surface area contributed by atoms with Crippen LogP contribution in [0.1, 0.15) is 23.5 Å². The van der Waals surface area contributed by atoms with Gasteiger partial charge in [-0.3, -0.25) is 4.79 Å². The summed E-state index contributed by atoms with van der Waals surface area (Å²) in [5.74, 6) is -0.349. The lowest BCUT2D eigenvalue weighted by molar-refractivity contribution is -0.137. The minimum atomic E-state index is -4.46. The molecule has 1 atom stereocenters. The maximum absolute atomic E-state index is 12.7. The van der Waals surface area contributed by atoms with E-state index < -0.39 is 11.7 Å². The summed E-state index contributed by atoms with van der Waals surface area (Å²) in [4.78, 5) is 18.4. The Bertz CT molecular complexity index is 922. The first-order valence-corrected chi connectivity index (χ1v) is 8.98. The van der Waals surface area contributed by atoms with Crippen LogP contribution in [0.15, 0.2) is 48.5 Å². The lowest BCUT2D eigenvalue weighted by Crippen LogP contribution is -2.33. The van der Waals surface area contributed by atoms with Crippen molar-refractivity contribution in [2.24, 2.45) is 0 Å². The lowest BCUT2D eigenvalue weighted by Gasteiger charge is -2.23. The fourth-order valence-corrected chi connectivity index (χ4v) is 3.52. The molecule has 27 heavy (non-hydrogen) atoms. The first-order chi connectivity index (χ1) is 12.8. The average molecular weight is 394 g/mol. The lowest BCUT2D eigenvalue weighted by atomic mass is 10.2. The largest absolute Gasteiger partial charge is 0.484 e. The van der Waals surface area contributed by atoms with Crippen LogP contribution in [0.3, 0.4) is 0 Å². The van der Waals surface area contributed by atoms with Gasteiger partial charge in [0.25, 0.3) is 5.91 Å². The first-order valence-electron chi connectivity index (χ1n) is 8.17. The molecule has 1 aromatic heterocycles. The quantitative estimate of drug-likeness (QED) is 0.617. The highest BCUT2D eigenvalue weighted by Gasteiger charge is 2.30. The topological polar surface area (TPSA) is 42.4 Å². The molecule has 3 rings (SSSR count). The van der Waals surface area contributed by atoms with Gasteiger partial charge in [-0.15, -0.1) is 11.3 Å². The highest BCUT2D eigenvalue weighted by molar-refractivity contribution is 7.18. The van der Waals surface area contributed by atoms with Crippen LogP contribution < -0.4 is 4.74 Å². The van der Waals surface area contributed by atoms with E-state index >= 15 is 0 Å². The van der Waals surface area contributed by atoms with E-state index in [4.69, 9.17) is 4.74 Å². The first kappa shape index (κ1) is 19.2. The Kier molecular flexibility index (Phi) is 5.36. The molecule has 1 heterocycles. The molecule has 2 aromatic carbocycles. The molecular formula is C19H17F3N2O2S. The van der Waals surface area contributed by atoms with Gasteiger partial charge in [-0.2, -0.15) is 13.2 Å². The number of aromatic nitrogens is 1. The van der Waals surface area contributed by atoms with Gasteiger partial charge < -0.3 is 9.64 Å². The fraction of sp³-hybridized carbons (Fsp3) is 0.263. The Morgan fingerprint density at radius 2 is 1.96 bits per heavy atom. The van der Waals surface area contributed by atoms with Gasteiger partial charge in [0, 0.05) is 7.05 Å². The number of amides is 1. The van der Waals surface area contributed by atoms with E-state index in [1.807, 2.05) is 31.2 Å². The van der Waals surface area contributed by atoms with E-state index in [2.05, 4.69) is 4.98 Å². The zero-order chi connectivity index (χ0) is 19.6. The molecule has 0 saturated carbocycles. The number of para-hydroxylation sites is 1. The van der Waals surface area contributed by atoms with Crippen LogP contribution in [0.2, 0.25) is 0 Å². The monoisotopic (exact) mass is 394 g/mol. The summed E-state index contributed by atoms with van der Waals surface area (Å²) in [7, 11) is 1.62. The van der Waals surface area contributed by atoms with Gasteiger partial charge in [0.1, 0.15) is 10.8 Å². The molecule has 8 heteroatoms. The molecule has 0 spiro atoms. The summed E-state index contributed by atoms with van der Waals surface area (Å²) < 4.78 is 44.5. The number of hydrogen-bond donors (Lipinski definition) is 0. The van der Waals surface area contributed by atoms with Crippen LogP contribution in [0.5, 0.6) is 5.75 Å². The highest BCUT2D eigenvalue weighted by atomic mass is 32.1. The van der Waals surface area contributed by atoms with Gasteiger partial charge in [0.05, 0.1) is 21.8 Å². The van der Waals surface area contributed by atoms with Crippen molar-refractivity contribution in [3.63, 3.8) is 0 Å². The van der Waals surface area contributed by atoms with Crippen LogP contribution in [0.4, 0.5) is 13.2 Å². The molecule has 0 bridgehead atoms. The minimum Gasteiger partial charge on any atom is -0.484 e. The predicted molar refractivity (Wildman–Crippen MR) is 97.7 cm³/mol. The van der Waals surface area contributed by atoms with Crippen LogP contribution in [-0.2, 0) is 11.0 Å². The van der Waals surface area contributed by atoms with Gasteiger partial charge in [0.2, 0.25) is 0 Å². The van der Waals surface area contributed by atoms with E-state index in [-0.39, 0.29) is 24.3 Å². The van der Waals surface area contributed by atoms with E-state index in [0.29, 0.717) is 0 Å². The van der Waals surface area contributed by atoms with Crippen molar-refractivity contribution in [2.45, 2.75) is 19.1 Å². The average Bonchev–Trinajstić information content (AvgIpc) is 3.08. The van der Waals surface area contributed by atoms with Gasteiger partial charge in [-0.25, -0.2) is 4.98 Å². The molecule has 0 aliphatic heterocycles. The zero-order valence-electron chi connectivity index (χ0n) is 14.7. The number of carbonyl (C=O) groups is 1. The second kappa shape index (κ2) is 7.56. The number of nitrogens with zero attached hydrogens (tertiary/aromatic N) is 2. The van der Waals surface area contributed by atoms with E-state index in [1.54, 1.807) is 7.05 Å². The summed E-state index contributed by atoms with van der Waals surface area (Å²) in [5, 5.41) is 0.783. The zero-order valence-corrected chi connectivity index (χ0v) is 15.5. The number of hydrogen-bond acceptors (Lipinski definition) is 4. The molecule has 0 aliphatic rings. The van der Waals surface area contributed by atoms with Crippen molar-refractivity contribution >= 4 is 27.5 Å². The van der Waals surface area contributed by atoms with Crippen molar-refractivity contribution in [2.75, 3.05) is 13.7 Å². The Hall–Kier alpha value is -2.61. The normalized spacial score (nSPS) is 12.8. The van der Waals surface area contributed by atoms with Crippen molar-refractivity contribution in [3.05, 3.63) is 59.1 Å². The number of ether oxygens (including phenoxy) is 1. The number of thiazole rings is 1. The molecule has 1 amide bonds. The third kappa shape index (κ3) is 4.39. The molecule has 0 radical (unpaired) electrons. The van der Waals surface area contributed by atoms with Crippen LogP contribution in [0.25, 0.3) is 10.2 Å². The molecule has 0 unspecified atom stereocenters. The number of halogens is 3. The molecule has 0 aliphatic carbocycles. The molecular weight excluding hydrogens is 377 g/mol. The maximum Gasteiger partial charge on any atom is 0.416 e. The van der Waals surface area contributed by atoms with Gasteiger partial charge in [0.15, 0.2) is 6.61 Å². The van der Waals surface area contributed by atoms with E-state index in [9.17, 15) is 18.0 Å². The number of fused-ring (bicyclic) bond motifs is 1. The Morgan fingerprint density at radius 1 is 1.22 bits per heavy atom. The summed E-state index contributed by atoms with van der Waals surface area (Å²) in [6.07, 6.45) is -4.46. The Labute approximate surface area is 158 Å². The van der Waals surface area contributed by atoms with Gasteiger partial charge in [-0.05, 0) is 37.3 Å². The van der Waals surface area contributed by atoms with Crippen molar-refractivity contribution < 1.29 is 22.7 Å². The SMILES string of the molecule is C[C@H](c1nc2ccccc2s1)N(C)C(=O)COc1cccc(C(F)(F)F)c1. The van der Waals surface area contributed by atoms with Gasteiger partial charge >= 0.3 is 6.18 Å². The van der Waals surface area contributed by atoms with Crippen LogP contribution in [0, 0.1) is 0 Å².